The third kappa shape index (κ3) is 4.45. The number of hydrogen-bond donors (Lipinski definition) is 0. The smallest absolute Gasteiger partial charge is 0.260 e. The highest BCUT2D eigenvalue weighted by Gasteiger charge is 2.44. The van der Waals surface area contributed by atoms with Gasteiger partial charge in [0.2, 0.25) is 0 Å². The molecule has 6 aromatic carbocycles. The highest BCUT2D eigenvalue weighted by Crippen LogP contribution is 2.57. The molecule has 52 heavy (non-hydrogen) atoms. The molecule has 5 heteroatoms. The Morgan fingerprint density at radius 2 is 1.19 bits per heavy atom. The Balaban J connectivity index is 1.25. The molecule has 0 unspecified atom stereocenters. The maximum absolute atomic E-state index is 6.98. The molecule has 256 valence electrons. The predicted molar refractivity (Wildman–Crippen MR) is 221 cm³/mol. The number of anilines is 3. The lowest BCUT2D eigenvalue weighted by Gasteiger charge is -2.43. The molecule has 10 rings (SSSR count). The summed E-state index contributed by atoms with van der Waals surface area (Å²) in [5.74, 6) is 3.53. The number of para-hydroxylation sites is 1. The maximum Gasteiger partial charge on any atom is 0.260 e. The Morgan fingerprint density at radius 3 is 1.83 bits per heavy atom. The Kier molecular flexibility index (Phi) is 6.43. The van der Waals surface area contributed by atoms with Crippen molar-refractivity contribution in [1.82, 2.24) is 0 Å². The van der Waals surface area contributed by atoms with Crippen molar-refractivity contribution in [1.29, 1.82) is 0 Å². The van der Waals surface area contributed by atoms with Crippen molar-refractivity contribution < 1.29 is 9.47 Å². The van der Waals surface area contributed by atoms with Crippen molar-refractivity contribution in [2.45, 2.75) is 71.6 Å². The van der Waals surface area contributed by atoms with Crippen molar-refractivity contribution in [2.75, 3.05) is 4.90 Å². The van der Waals surface area contributed by atoms with Crippen LogP contribution in [0.3, 0.4) is 0 Å². The highest BCUT2D eigenvalue weighted by molar-refractivity contribution is 7.26. The fraction of sp³-hybridized carbons (Fsp3) is 0.234. The molecule has 0 aliphatic carbocycles. The fourth-order valence-electron chi connectivity index (χ4n) is 8.78. The van der Waals surface area contributed by atoms with Gasteiger partial charge in [-0.2, -0.15) is 0 Å². The van der Waals surface area contributed by atoms with Crippen molar-refractivity contribution in [3.8, 4) is 23.0 Å². The van der Waals surface area contributed by atoms with Crippen molar-refractivity contribution in [2.24, 2.45) is 0 Å². The molecule has 3 aliphatic rings. The van der Waals surface area contributed by atoms with E-state index in [0.717, 1.165) is 34.1 Å². The van der Waals surface area contributed by atoms with Crippen molar-refractivity contribution in [3.05, 3.63) is 131 Å². The molecule has 4 heterocycles. The lowest BCUT2D eigenvalue weighted by molar-refractivity contribution is 0.464. The first kappa shape index (κ1) is 31.7. The maximum atomic E-state index is 6.98. The Hall–Kier alpha value is -5.00. The lowest BCUT2D eigenvalue weighted by atomic mass is 9.34. The minimum atomic E-state index is -0.194. The second-order valence-electron chi connectivity index (χ2n) is 17.4. The first-order valence-corrected chi connectivity index (χ1v) is 19.3. The molecule has 3 nitrogen and oxygen atoms in total. The average Bonchev–Trinajstić information content (AvgIpc) is 3.49. The molecule has 3 aliphatic heterocycles. The number of hydrogen-bond acceptors (Lipinski definition) is 4. The average molecular weight is 696 g/mol. The third-order valence-electron chi connectivity index (χ3n) is 11.7. The minimum Gasteiger partial charge on any atom is -0.458 e. The fourth-order valence-corrected chi connectivity index (χ4v) is 10.0. The van der Waals surface area contributed by atoms with Crippen LogP contribution in [0.25, 0.3) is 20.2 Å². The van der Waals surface area contributed by atoms with E-state index in [2.05, 4.69) is 169 Å². The van der Waals surface area contributed by atoms with Crippen LogP contribution in [-0.4, -0.2) is 6.71 Å². The Bertz CT molecular complexity index is 2570. The molecule has 0 atom stereocenters. The van der Waals surface area contributed by atoms with Crippen LogP contribution in [0.4, 0.5) is 17.1 Å². The van der Waals surface area contributed by atoms with E-state index in [1.807, 2.05) is 11.3 Å². The van der Waals surface area contributed by atoms with Gasteiger partial charge in [-0.3, -0.25) is 0 Å². The Labute approximate surface area is 310 Å². The van der Waals surface area contributed by atoms with Crippen LogP contribution in [-0.2, 0) is 16.2 Å². The zero-order valence-corrected chi connectivity index (χ0v) is 32.0. The monoisotopic (exact) mass is 695 g/mol. The molecule has 0 N–H and O–H groups in total. The van der Waals surface area contributed by atoms with Gasteiger partial charge in [-0.1, -0.05) is 128 Å². The molecular weight excluding hydrogens is 653 g/mol. The van der Waals surface area contributed by atoms with Gasteiger partial charge in [-0.05, 0) is 68.3 Å². The molecular formula is C47H42BNO2S. The summed E-state index contributed by atoms with van der Waals surface area (Å²) in [5, 5.41) is 2.59. The van der Waals surface area contributed by atoms with Crippen LogP contribution in [0.5, 0.6) is 23.0 Å². The van der Waals surface area contributed by atoms with Gasteiger partial charge < -0.3 is 14.4 Å². The van der Waals surface area contributed by atoms with Gasteiger partial charge in [0, 0.05) is 38.5 Å². The van der Waals surface area contributed by atoms with Gasteiger partial charge in [0.25, 0.3) is 6.71 Å². The number of ether oxygens (including phenoxy) is 2. The molecule has 0 fully saturated rings. The topological polar surface area (TPSA) is 21.7 Å². The van der Waals surface area contributed by atoms with Crippen molar-refractivity contribution in [3.63, 3.8) is 0 Å². The molecule has 1 aromatic heterocycles. The van der Waals surface area contributed by atoms with Gasteiger partial charge in [0.15, 0.2) is 0 Å². The van der Waals surface area contributed by atoms with Gasteiger partial charge in [0.05, 0.1) is 21.8 Å². The zero-order valence-electron chi connectivity index (χ0n) is 31.1. The van der Waals surface area contributed by atoms with Gasteiger partial charge in [0.1, 0.15) is 23.0 Å². The van der Waals surface area contributed by atoms with Crippen LogP contribution in [0.15, 0.2) is 109 Å². The summed E-state index contributed by atoms with van der Waals surface area (Å²) in [6, 6.07) is 40.5. The molecule has 0 amide bonds. The first-order chi connectivity index (χ1) is 24.8. The molecule has 0 bridgehead atoms. The van der Waals surface area contributed by atoms with E-state index in [1.165, 1.54) is 64.7 Å². The number of fused-ring (bicyclic) bond motifs is 10. The summed E-state index contributed by atoms with van der Waals surface area (Å²) in [7, 11) is 0. The number of benzene rings is 6. The lowest BCUT2D eigenvalue weighted by Crippen LogP contribution is -2.57. The predicted octanol–water partition coefficient (Wildman–Crippen LogP) is 11.5. The summed E-state index contributed by atoms with van der Waals surface area (Å²) < 4.78 is 16.6. The Morgan fingerprint density at radius 1 is 0.596 bits per heavy atom. The van der Waals surface area contributed by atoms with Crippen LogP contribution in [0.1, 0.15) is 77.6 Å². The van der Waals surface area contributed by atoms with Gasteiger partial charge >= 0.3 is 0 Å². The van der Waals surface area contributed by atoms with E-state index < -0.39 is 0 Å². The highest BCUT2D eigenvalue weighted by atomic mass is 32.1. The molecule has 0 saturated heterocycles. The van der Waals surface area contributed by atoms with E-state index in [0.29, 0.717) is 0 Å². The zero-order chi connectivity index (χ0) is 35.9. The molecule has 0 spiro atoms. The minimum absolute atomic E-state index is 0.00397. The van der Waals surface area contributed by atoms with Crippen LogP contribution in [0, 0.1) is 0 Å². The van der Waals surface area contributed by atoms with E-state index in [9.17, 15) is 0 Å². The van der Waals surface area contributed by atoms with Crippen LogP contribution in [0.2, 0.25) is 0 Å². The number of rotatable bonds is 1. The normalized spacial score (nSPS) is 15.3. The number of thiophene rings is 1. The summed E-state index contributed by atoms with van der Waals surface area (Å²) in [6.07, 6.45) is 0. The molecule has 7 aromatic rings. The van der Waals surface area contributed by atoms with E-state index in [-0.39, 0.29) is 23.0 Å². The second-order valence-corrected chi connectivity index (χ2v) is 18.5. The SMILES string of the molecule is CC(C)(C)c1ccc2c(c1)B1c3cc(C(C)(C)C)ccc3Oc3cc(N4c5ccccc5C(C)(C)c5ccc6c(sc7ccccc76)c54)cc(c31)O2. The quantitative estimate of drug-likeness (QED) is 0.160. The summed E-state index contributed by atoms with van der Waals surface area (Å²) >= 11 is 1.88. The van der Waals surface area contributed by atoms with Crippen LogP contribution >= 0.6 is 11.3 Å². The standard InChI is InChI=1S/C47H42BNO2S/c1-45(2,3)27-17-21-37-34(23-27)48-35-24-28(46(4,5)6)18-22-38(35)51-40-26-29(25-39(50-37)42(40)48)49-36-15-11-10-14-32(36)47(7,8)33-20-19-31-30-13-9-12-16-41(30)52-44(31)43(33)49/h9-26H,1-8H3. The second kappa shape index (κ2) is 10.5. The van der Waals surface area contributed by atoms with Crippen molar-refractivity contribution >= 4 is 71.7 Å². The number of nitrogens with zero attached hydrogens (tertiary/aromatic N) is 1. The largest absolute Gasteiger partial charge is 0.458 e. The summed E-state index contributed by atoms with van der Waals surface area (Å²) in [4.78, 5) is 2.47. The van der Waals surface area contributed by atoms with Gasteiger partial charge in [-0.15, -0.1) is 11.3 Å². The molecule has 0 saturated carbocycles. The van der Waals surface area contributed by atoms with Gasteiger partial charge in [-0.25, -0.2) is 0 Å². The first-order valence-electron chi connectivity index (χ1n) is 18.5. The van der Waals surface area contributed by atoms with E-state index in [1.54, 1.807) is 0 Å². The van der Waals surface area contributed by atoms with E-state index in [4.69, 9.17) is 9.47 Å². The summed E-state index contributed by atoms with van der Waals surface area (Å²) in [5.41, 5.74) is 12.0. The van der Waals surface area contributed by atoms with E-state index >= 15 is 0 Å². The molecule has 0 radical (unpaired) electrons. The third-order valence-corrected chi connectivity index (χ3v) is 12.9. The van der Waals surface area contributed by atoms with Crippen LogP contribution < -0.4 is 30.8 Å². The summed E-state index contributed by atoms with van der Waals surface area (Å²) in [6.45, 7) is 18.4.